The van der Waals surface area contributed by atoms with Crippen LogP contribution in [0.3, 0.4) is 0 Å². The topological polar surface area (TPSA) is 32.3 Å². The monoisotopic (exact) mass is 244 g/mol. The van der Waals surface area contributed by atoms with E-state index in [9.17, 15) is 4.79 Å². The predicted octanol–water partition coefficient (Wildman–Crippen LogP) is 1.58. The fourth-order valence-corrected chi connectivity index (χ4v) is 2.47. The molecule has 0 bridgehead atoms. The highest BCUT2D eigenvalue weighted by atomic mass is 35.5. The second-order valence-electron chi connectivity index (χ2n) is 4.55. The Kier molecular flexibility index (Phi) is 5.29. The lowest BCUT2D eigenvalue weighted by atomic mass is 9.96. The average molecular weight is 245 g/mol. The van der Waals surface area contributed by atoms with E-state index in [1.54, 1.807) is 0 Å². The van der Waals surface area contributed by atoms with E-state index < -0.39 is 0 Å². The van der Waals surface area contributed by atoms with E-state index in [0.717, 1.165) is 45.3 Å². The molecule has 4 heteroatoms. The molecule has 1 N–H and O–H groups in total. The van der Waals surface area contributed by atoms with Gasteiger partial charge in [-0.15, -0.1) is 19.0 Å². The Labute approximate surface area is 104 Å². The summed E-state index contributed by atoms with van der Waals surface area (Å²) in [7, 11) is 0. The Hall–Kier alpha value is -0.540. The number of amides is 1. The zero-order valence-electron chi connectivity index (χ0n) is 9.65. The fourth-order valence-electron chi connectivity index (χ4n) is 2.47. The van der Waals surface area contributed by atoms with Gasteiger partial charge >= 0.3 is 0 Å². The van der Waals surface area contributed by atoms with E-state index in [1.807, 2.05) is 11.0 Å². The number of nitrogens with zero attached hydrogens (tertiary/aromatic N) is 1. The predicted molar refractivity (Wildman–Crippen MR) is 67.8 cm³/mol. The maximum absolute atomic E-state index is 12.0. The van der Waals surface area contributed by atoms with Crippen LogP contribution in [0.4, 0.5) is 0 Å². The molecule has 0 aromatic rings. The van der Waals surface area contributed by atoms with Crippen molar-refractivity contribution >= 4 is 18.3 Å². The van der Waals surface area contributed by atoms with E-state index >= 15 is 0 Å². The molecule has 2 saturated heterocycles. The summed E-state index contributed by atoms with van der Waals surface area (Å²) in [6.45, 7) is 6.64. The van der Waals surface area contributed by atoms with Crippen LogP contribution in [-0.4, -0.2) is 36.5 Å². The van der Waals surface area contributed by atoms with Gasteiger partial charge in [0.15, 0.2) is 0 Å². The summed E-state index contributed by atoms with van der Waals surface area (Å²) in [6, 6.07) is 0.102. The molecule has 0 aliphatic carbocycles. The molecule has 2 fully saturated rings. The van der Waals surface area contributed by atoms with Gasteiger partial charge in [0.05, 0.1) is 6.04 Å². The lowest BCUT2D eigenvalue weighted by Crippen LogP contribution is -2.46. The summed E-state index contributed by atoms with van der Waals surface area (Å²) < 4.78 is 0. The van der Waals surface area contributed by atoms with Crippen molar-refractivity contribution in [3.63, 3.8) is 0 Å². The van der Waals surface area contributed by atoms with Gasteiger partial charge in [-0.1, -0.05) is 6.08 Å². The highest BCUT2D eigenvalue weighted by Crippen LogP contribution is 2.19. The first-order valence-electron chi connectivity index (χ1n) is 5.96. The molecule has 0 spiro atoms. The lowest BCUT2D eigenvalue weighted by molar-refractivity contribution is -0.134. The van der Waals surface area contributed by atoms with Crippen molar-refractivity contribution in [2.45, 2.75) is 31.7 Å². The van der Waals surface area contributed by atoms with Crippen LogP contribution in [-0.2, 0) is 4.79 Å². The van der Waals surface area contributed by atoms with Crippen LogP contribution >= 0.6 is 12.4 Å². The van der Waals surface area contributed by atoms with Gasteiger partial charge < -0.3 is 10.2 Å². The third-order valence-corrected chi connectivity index (χ3v) is 3.54. The molecule has 2 aliphatic rings. The van der Waals surface area contributed by atoms with Crippen molar-refractivity contribution in [2.75, 3.05) is 19.6 Å². The first-order chi connectivity index (χ1) is 7.31. The molecule has 1 amide bonds. The SMILES string of the molecule is C=CC1CCN(C(=O)C2CCCN2)CC1.Cl. The Morgan fingerprint density at radius 1 is 1.31 bits per heavy atom. The number of hydrogen-bond donors (Lipinski definition) is 1. The number of carbonyl (C=O) groups is 1. The largest absolute Gasteiger partial charge is 0.341 e. The standard InChI is InChI=1S/C12H20N2O.ClH/c1-2-10-5-8-14(9-6-10)12(15)11-4-3-7-13-11;/h2,10-11,13H,1,3-9H2;1H. The minimum Gasteiger partial charge on any atom is -0.341 e. The molecule has 2 aliphatic heterocycles. The zero-order chi connectivity index (χ0) is 10.7. The Balaban J connectivity index is 0.00000128. The third-order valence-electron chi connectivity index (χ3n) is 3.54. The van der Waals surface area contributed by atoms with Gasteiger partial charge in [-0.2, -0.15) is 0 Å². The lowest BCUT2D eigenvalue weighted by Gasteiger charge is -2.32. The van der Waals surface area contributed by atoms with Gasteiger partial charge in [-0.25, -0.2) is 0 Å². The normalized spacial score (nSPS) is 26.2. The van der Waals surface area contributed by atoms with E-state index in [1.165, 1.54) is 0 Å². The molecule has 1 unspecified atom stereocenters. The van der Waals surface area contributed by atoms with E-state index in [4.69, 9.17) is 0 Å². The summed E-state index contributed by atoms with van der Waals surface area (Å²) in [5.74, 6) is 0.931. The van der Waals surface area contributed by atoms with Crippen molar-refractivity contribution in [1.29, 1.82) is 0 Å². The number of carbonyl (C=O) groups excluding carboxylic acids is 1. The van der Waals surface area contributed by atoms with Gasteiger partial charge in [0.1, 0.15) is 0 Å². The second kappa shape index (κ2) is 6.26. The van der Waals surface area contributed by atoms with E-state index in [-0.39, 0.29) is 18.4 Å². The van der Waals surface area contributed by atoms with Crippen LogP contribution in [0.25, 0.3) is 0 Å². The van der Waals surface area contributed by atoms with Crippen LogP contribution in [0.2, 0.25) is 0 Å². The molecule has 2 rings (SSSR count). The summed E-state index contributed by atoms with van der Waals surface area (Å²) in [6.07, 6.45) is 6.35. The molecule has 1 atom stereocenters. The van der Waals surface area contributed by atoms with Gasteiger partial charge in [0.25, 0.3) is 0 Å². The van der Waals surface area contributed by atoms with Crippen LogP contribution in [0.15, 0.2) is 12.7 Å². The Morgan fingerprint density at radius 2 is 2.00 bits per heavy atom. The van der Waals surface area contributed by atoms with Crippen molar-refractivity contribution in [2.24, 2.45) is 5.92 Å². The van der Waals surface area contributed by atoms with Crippen LogP contribution in [0.5, 0.6) is 0 Å². The molecule has 0 saturated carbocycles. The number of hydrogen-bond acceptors (Lipinski definition) is 2. The zero-order valence-corrected chi connectivity index (χ0v) is 10.5. The van der Waals surface area contributed by atoms with Gasteiger partial charge in [0.2, 0.25) is 5.91 Å². The molecular weight excluding hydrogens is 224 g/mol. The second-order valence-corrected chi connectivity index (χ2v) is 4.55. The number of allylic oxidation sites excluding steroid dienone is 1. The molecule has 92 valence electrons. The Bertz CT molecular complexity index is 243. The summed E-state index contributed by atoms with van der Waals surface area (Å²) in [5, 5.41) is 3.27. The van der Waals surface area contributed by atoms with Gasteiger partial charge in [-0.05, 0) is 38.1 Å². The van der Waals surface area contributed by atoms with E-state index in [2.05, 4.69) is 11.9 Å². The van der Waals surface area contributed by atoms with Crippen molar-refractivity contribution in [1.82, 2.24) is 10.2 Å². The molecule has 2 heterocycles. The average Bonchev–Trinajstić information content (AvgIpc) is 2.82. The van der Waals surface area contributed by atoms with Crippen LogP contribution in [0, 0.1) is 5.92 Å². The number of piperidine rings is 1. The maximum atomic E-state index is 12.0. The molecular formula is C12H21ClN2O. The smallest absolute Gasteiger partial charge is 0.239 e. The number of rotatable bonds is 2. The van der Waals surface area contributed by atoms with Crippen molar-refractivity contribution in [3.05, 3.63) is 12.7 Å². The minimum absolute atomic E-state index is 0. The number of likely N-dealkylation sites (tertiary alicyclic amines) is 1. The molecule has 0 aromatic heterocycles. The van der Waals surface area contributed by atoms with Crippen LogP contribution in [0.1, 0.15) is 25.7 Å². The van der Waals surface area contributed by atoms with Gasteiger partial charge in [-0.3, -0.25) is 4.79 Å². The fraction of sp³-hybridized carbons (Fsp3) is 0.750. The summed E-state index contributed by atoms with van der Waals surface area (Å²) in [5.41, 5.74) is 0. The molecule has 3 nitrogen and oxygen atoms in total. The molecule has 16 heavy (non-hydrogen) atoms. The van der Waals surface area contributed by atoms with Crippen molar-refractivity contribution < 1.29 is 4.79 Å². The maximum Gasteiger partial charge on any atom is 0.239 e. The first kappa shape index (κ1) is 13.5. The number of halogens is 1. The van der Waals surface area contributed by atoms with Crippen molar-refractivity contribution in [3.8, 4) is 0 Å². The van der Waals surface area contributed by atoms with Gasteiger partial charge in [0, 0.05) is 13.1 Å². The first-order valence-corrected chi connectivity index (χ1v) is 5.96. The highest BCUT2D eigenvalue weighted by Gasteiger charge is 2.28. The molecule has 0 radical (unpaired) electrons. The summed E-state index contributed by atoms with van der Waals surface area (Å²) in [4.78, 5) is 14.0. The third kappa shape index (κ3) is 2.98. The Morgan fingerprint density at radius 3 is 2.50 bits per heavy atom. The minimum atomic E-state index is 0. The highest BCUT2D eigenvalue weighted by molar-refractivity contribution is 5.85. The number of nitrogens with one attached hydrogen (secondary N) is 1. The molecule has 0 aromatic carbocycles. The van der Waals surface area contributed by atoms with E-state index in [0.29, 0.717) is 11.8 Å². The quantitative estimate of drug-likeness (QED) is 0.749. The van der Waals surface area contributed by atoms with Crippen LogP contribution < -0.4 is 5.32 Å². The summed E-state index contributed by atoms with van der Waals surface area (Å²) >= 11 is 0.